The Hall–Kier alpha value is -2.88. The lowest BCUT2D eigenvalue weighted by Gasteiger charge is -2.10. The van der Waals surface area contributed by atoms with Crippen LogP contribution in [0, 0.1) is 12.3 Å². The fourth-order valence-corrected chi connectivity index (χ4v) is 2.24. The molecule has 4 heteroatoms. The van der Waals surface area contributed by atoms with Crippen molar-refractivity contribution >= 4 is 16.6 Å². The molecule has 3 rings (SSSR count). The molecule has 0 unspecified atom stereocenters. The van der Waals surface area contributed by atoms with E-state index in [0.29, 0.717) is 11.4 Å². The van der Waals surface area contributed by atoms with Crippen LogP contribution in [-0.2, 0) is 0 Å². The molecule has 4 nitrogen and oxygen atoms in total. The van der Waals surface area contributed by atoms with Gasteiger partial charge in [0.25, 0.3) is 0 Å². The van der Waals surface area contributed by atoms with Crippen LogP contribution in [0.4, 0.5) is 0 Å². The number of benzene rings is 2. The molecular weight excluding hydrogens is 262 g/mol. The summed E-state index contributed by atoms with van der Waals surface area (Å²) in [4.78, 5) is 4.34. The molecule has 0 amide bonds. The van der Waals surface area contributed by atoms with Crippen LogP contribution in [-0.4, -0.2) is 10.8 Å². The summed E-state index contributed by atoms with van der Waals surface area (Å²) < 4.78 is 5.90. The minimum absolute atomic E-state index is 0.00303. The monoisotopic (exact) mass is 277 g/mol. The lowest BCUT2D eigenvalue weighted by Crippen LogP contribution is -2.11. The van der Waals surface area contributed by atoms with Crippen LogP contribution in [0.15, 0.2) is 54.6 Å². The van der Waals surface area contributed by atoms with Crippen LogP contribution in [0.25, 0.3) is 10.8 Å². The van der Waals surface area contributed by atoms with Gasteiger partial charge >= 0.3 is 0 Å². The molecule has 104 valence electrons. The van der Waals surface area contributed by atoms with Crippen molar-refractivity contribution in [2.75, 3.05) is 0 Å². The van der Waals surface area contributed by atoms with E-state index in [2.05, 4.69) is 4.98 Å². The standard InChI is InChI=1S/C17H15N3O/c1-11-9-13(17(18)19)10-16(20-11)21-15-8-4-6-12-5-2-3-7-14(12)15/h2-10H,1H3,(H3,18,19). The smallest absolute Gasteiger partial charge is 0.220 e. The van der Waals surface area contributed by atoms with Crippen LogP contribution < -0.4 is 10.5 Å². The van der Waals surface area contributed by atoms with E-state index >= 15 is 0 Å². The van der Waals surface area contributed by atoms with Gasteiger partial charge < -0.3 is 10.5 Å². The van der Waals surface area contributed by atoms with Gasteiger partial charge in [-0.15, -0.1) is 0 Å². The maximum Gasteiger partial charge on any atom is 0.220 e. The van der Waals surface area contributed by atoms with Crippen LogP contribution in [0.5, 0.6) is 11.6 Å². The molecule has 0 aliphatic carbocycles. The molecule has 0 saturated carbocycles. The lowest BCUT2D eigenvalue weighted by molar-refractivity contribution is 0.467. The van der Waals surface area contributed by atoms with E-state index in [1.165, 1.54) is 0 Å². The largest absolute Gasteiger partial charge is 0.438 e. The summed E-state index contributed by atoms with van der Waals surface area (Å²) in [5, 5.41) is 9.66. The summed E-state index contributed by atoms with van der Waals surface area (Å²) in [5.74, 6) is 1.18. The quantitative estimate of drug-likeness (QED) is 0.567. The Morgan fingerprint density at radius 3 is 2.67 bits per heavy atom. The van der Waals surface area contributed by atoms with E-state index < -0.39 is 0 Å². The van der Waals surface area contributed by atoms with Gasteiger partial charge in [0.15, 0.2) is 0 Å². The van der Waals surface area contributed by atoms with Crippen molar-refractivity contribution in [1.29, 1.82) is 5.41 Å². The molecule has 0 radical (unpaired) electrons. The maximum atomic E-state index is 7.53. The molecule has 3 aromatic rings. The predicted octanol–water partition coefficient (Wildman–Crippen LogP) is 3.62. The number of pyridine rings is 1. The normalized spacial score (nSPS) is 10.5. The summed E-state index contributed by atoms with van der Waals surface area (Å²) in [7, 11) is 0. The Bertz CT molecular complexity index is 822. The third-order valence-electron chi connectivity index (χ3n) is 3.21. The fraction of sp³-hybridized carbons (Fsp3) is 0.0588. The van der Waals surface area contributed by atoms with Gasteiger partial charge in [0.1, 0.15) is 11.6 Å². The van der Waals surface area contributed by atoms with E-state index in [-0.39, 0.29) is 5.84 Å². The highest BCUT2D eigenvalue weighted by molar-refractivity contribution is 5.95. The number of nitrogens with one attached hydrogen (secondary N) is 1. The number of ether oxygens (including phenoxy) is 1. The molecular formula is C17H15N3O. The number of rotatable bonds is 3. The molecule has 0 bridgehead atoms. The van der Waals surface area contributed by atoms with Crippen molar-refractivity contribution in [1.82, 2.24) is 4.98 Å². The van der Waals surface area contributed by atoms with Gasteiger partial charge in [-0.1, -0.05) is 36.4 Å². The predicted molar refractivity (Wildman–Crippen MR) is 84.0 cm³/mol. The summed E-state index contributed by atoms with van der Waals surface area (Å²) in [6, 6.07) is 17.3. The summed E-state index contributed by atoms with van der Waals surface area (Å²) in [6.07, 6.45) is 0. The summed E-state index contributed by atoms with van der Waals surface area (Å²) in [5.41, 5.74) is 6.91. The van der Waals surface area contributed by atoms with Gasteiger partial charge in [0.05, 0.1) is 0 Å². The van der Waals surface area contributed by atoms with Crippen LogP contribution >= 0.6 is 0 Å². The highest BCUT2D eigenvalue weighted by atomic mass is 16.5. The van der Waals surface area contributed by atoms with Crippen LogP contribution in [0.1, 0.15) is 11.3 Å². The molecule has 3 N–H and O–H groups in total. The second-order valence-corrected chi connectivity index (χ2v) is 4.83. The van der Waals surface area contributed by atoms with E-state index in [4.69, 9.17) is 15.9 Å². The average Bonchev–Trinajstić information content (AvgIpc) is 2.47. The Balaban J connectivity index is 2.05. The minimum Gasteiger partial charge on any atom is -0.438 e. The van der Waals surface area contributed by atoms with Crippen molar-refractivity contribution in [2.24, 2.45) is 5.73 Å². The second kappa shape index (κ2) is 5.25. The number of nitrogens with zero attached hydrogens (tertiary/aromatic N) is 1. The van der Waals surface area contributed by atoms with Crippen molar-refractivity contribution in [3.63, 3.8) is 0 Å². The first-order valence-electron chi connectivity index (χ1n) is 6.62. The maximum absolute atomic E-state index is 7.53. The molecule has 0 atom stereocenters. The minimum atomic E-state index is 0.00303. The second-order valence-electron chi connectivity index (χ2n) is 4.83. The Morgan fingerprint density at radius 2 is 1.86 bits per heavy atom. The van der Waals surface area contributed by atoms with E-state index in [1.807, 2.05) is 49.4 Å². The van der Waals surface area contributed by atoms with Gasteiger partial charge in [0.2, 0.25) is 5.88 Å². The van der Waals surface area contributed by atoms with Crippen LogP contribution in [0.3, 0.4) is 0 Å². The highest BCUT2D eigenvalue weighted by Gasteiger charge is 2.07. The average molecular weight is 277 g/mol. The number of nitrogens with two attached hydrogens (primary N) is 1. The molecule has 21 heavy (non-hydrogen) atoms. The van der Waals surface area contributed by atoms with Crippen molar-refractivity contribution in [3.05, 3.63) is 65.9 Å². The Kier molecular flexibility index (Phi) is 3.28. The summed E-state index contributed by atoms with van der Waals surface area (Å²) in [6.45, 7) is 1.85. The number of aromatic nitrogens is 1. The highest BCUT2D eigenvalue weighted by Crippen LogP contribution is 2.29. The van der Waals surface area contributed by atoms with E-state index in [1.54, 1.807) is 12.1 Å². The zero-order valence-electron chi connectivity index (χ0n) is 11.6. The molecule has 0 aliphatic heterocycles. The molecule has 0 aliphatic rings. The van der Waals surface area contributed by atoms with E-state index in [0.717, 1.165) is 22.2 Å². The third-order valence-corrected chi connectivity index (χ3v) is 3.21. The first-order valence-corrected chi connectivity index (χ1v) is 6.62. The van der Waals surface area contributed by atoms with Gasteiger partial charge in [-0.2, -0.15) is 0 Å². The Morgan fingerprint density at radius 1 is 1.10 bits per heavy atom. The molecule has 2 aromatic carbocycles. The zero-order valence-corrected chi connectivity index (χ0v) is 11.6. The fourth-order valence-electron chi connectivity index (χ4n) is 2.24. The van der Waals surface area contributed by atoms with Gasteiger partial charge in [0, 0.05) is 22.7 Å². The van der Waals surface area contributed by atoms with E-state index in [9.17, 15) is 0 Å². The number of fused-ring (bicyclic) bond motifs is 1. The number of amidine groups is 1. The number of hydrogen-bond donors (Lipinski definition) is 2. The molecule has 0 spiro atoms. The lowest BCUT2D eigenvalue weighted by atomic mass is 10.1. The topological polar surface area (TPSA) is 72.0 Å². The summed E-state index contributed by atoms with van der Waals surface area (Å²) >= 11 is 0. The first kappa shape index (κ1) is 13.1. The first-order chi connectivity index (χ1) is 10.1. The van der Waals surface area contributed by atoms with Crippen LogP contribution in [0.2, 0.25) is 0 Å². The van der Waals surface area contributed by atoms with Crippen molar-refractivity contribution < 1.29 is 4.74 Å². The van der Waals surface area contributed by atoms with Gasteiger partial charge in [-0.05, 0) is 24.4 Å². The molecule has 1 aromatic heterocycles. The third kappa shape index (κ3) is 2.69. The van der Waals surface area contributed by atoms with Gasteiger partial charge in [-0.25, -0.2) is 4.98 Å². The van der Waals surface area contributed by atoms with Crippen molar-refractivity contribution in [2.45, 2.75) is 6.92 Å². The molecule has 0 saturated heterocycles. The molecule has 0 fully saturated rings. The molecule has 1 heterocycles. The SMILES string of the molecule is Cc1cc(C(=N)N)cc(Oc2cccc3ccccc23)n1. The number of aryl methyl sites for hydroxylation is 1. The number of hydrogen-bond acceptors (Lipinski definition) is 3. The van der Waals surface area contributed by atoms with Crippen molar-refractivity contribution in [3.8, 4) is 11.6 Å². The Labute approximate surface area is 122 Å². The van der Waals surface area contributed by atoms with Gasteiger partial charge in [-0.3, -0.25) is 5.41 Å². The number of nitrogen functional groups attached to an aromatic ring is 1. The zero-order chi connectivity index (χ0) is 14.8.